The molecule has 18 heavy (non-hydrogen) atoms. The van der Waals surface area contributed by atoms with Crippen molar-refractivity contribution in [2.45, 2.75) is 44.9 Å². The molecule has 0 heterocycles. The molecule has 1 fully saturated rings. The first kappa shape index (κ1) is 13.1. The molecule has 2 atom stereocenters. The molecule has 0 radical (unpaired) electrons. The number of allylic oxidation sites excluding steroid dienone is 1. The Morgan fingerprint density at radius 1 is 1.28 bits per heavy atom. The summed E-state index contributed by atoms with van der Waals surface area (Å²) in [5, 5.41) is 11.8. The Balaban J connectivity index is 1.69. The Morgan fingerprint density at radius 2 is 2.06 bits per heavy atom. The first-order valence-corrected chi connectivity index (χ1v) is 6.87. The fourth-order valence-corrected chi connectivity index (χ4v) is 2.72. The van der Waals surface area contributed by atoms with Crippen molar-refractivity contribution in [1.29, 1.82) is 0 Å². The number of carboxylic acids is 1. The molecule has 2 aliphatic carbocycles. The van der Waals surface area contributed by atoms with Crippen LogP contribution in [-0.4, -0.2) is 23.5 Å². The Hall–Kier alpha value is -1.32. The van der Waals surface area contributed by atoms with Gasteiger partial charge in [-0.1, -0.05) is 11.6 Å². The van der Waals surface area contributed by atoms with Gasteiger partial charge < -0.3 is 10.4 Å². The standard InChI is InChI=1S/C14H21NO3/c16-13(11-6-7-12(11)14(17)18)15-9-8-10-4-2-1-3-5-10/h4,11-12H,1-3,5-9H2,(H,15,16)(H,17,18). The molecule has 4 heteroatoms. The summed E-state index contributed by atoms with van der Waals surface area (Å²) in [7, 11) is 0. The van der Waals surface area contributed by atoms with Crippen LogP contribution in [0.25, 0.3) is 0 Å². The average Bonchev–Trinajstić information content (AvgIpc) is 2.28. The van der Waals surface area contributed by atoms with E-state index in [-0.39, 0.29) is 11.8 Å². The number of nitrogens with one attached hydrogen (secondary N) is 1. The Kier molecular flexibility index (Phi) is 4.39. The second-order valence-corrected chi connectivity index (χ2v) is 5.28. The molecule has 0 aliphatic heterocycles. The van der Waals surface area contributed by atoms with Crippen molar-refractivity contribution in [2.24, 2.45) is 11.8 Å². The molecule has 0 saturated heterocycles. The lowest BCUT2D eigenvalue weighted by molar-refractivity contribution is -0.152. The summed E-state index contributed by atoms with van der Waals surface area (Å²) in [5.41, 5.74) is 1.44. The number of carbonyl (C=O) groups excluding carboxylic acids is 1. The van der Waals surface area contributed by atoms with Crippen LogP contribution in [0.5, 0.6) is 0 Å². The maximum absolute atomic E-state index is 11.8. The van der Waals surface area contributed by atoms with Crippen LogP contribution in [0, 0.1) is 11.8 Å². The number of carboxylic acid groups (broad SMARTS) is 1. The third kappa shape index (κ3) is 3.12. The molecule has 0 bridgehead atoms. The Bertz CT molecular complexity index is 362. The first-order valence-electron chi connectivity index (χ1n) is 6.87. The molecular weight excluding hydrogens is 230 g/mol. The number of amides is 1. The summed E-state index contributed by atoms with van der Waals surface area (Å²) in [6, 6.07) is 0. The van der Waals surface area contributed by atoms with Gasteiger partial charge in [-0.15, -0.1) is 0 Å². The van der Waals surface area contributed by atoms with E-state index < -0.39 is 11.9 Å². The average molecular weight is 251 g/mol. The van der Waals surface area contributed by atoms with E-state index in [9.17, 15) is 9.59 Å². The quantitative estimate of drug-likeness (QED) is 0.735. The molecular formula is C14H21NO3. The van der Waals surface area contributed by atoms with Gasteiger partial charge in [0.1, 0.15) is 0 Å². The monoisotopic (exact) mass is 251 g/mol. The lowest BCUT2D eigenvalue weighted by atomic mass is 9.73. The summed E-state index contributed by atoms with van der Waals surface area (Å²) in [6.45, 7) is 0.646. The topological polar surface area (TPSA) is 66.4 Å². The van der Waals surface area contributed by atoms with Crippen molar-refractivity contribution in [3.63, 3.8) is 0 Å². The molecule has 0 aromatic heterocycles. The SMILES string of the molecule is O=C(O)C1CCC1C(=O)NCCC1=CCCCC1. The molecule has 1 amide bonds. The van der Waals surface area contributed by atoms with E-state index in [4.69, 9.17) is 5.11 Å². The molecule has 4 nitrogen and oxygen atoms in total. The van der Waals surface area contributed by atoms with Crippen LogP contribution in [0.15, 0.2) is 11.6 Å². The van der Waals surface area contributed by atoms with E-state index in [1.807, 2.05) is 0 Å². The van der Waals surface area contributed by atoms with Crippen LogP contribution in [0.3, 0.4) is 0 Å². The van der Waals surface area contributed by atoms with Gasteiger partial charge in [-0.05, 0) is 44.9 Å². The van der Waals surface area contributed by atoms with Crippen LogP contribution in [0.2, 0.25) is 0 Å². The second-order valence-electron chi connectivity index (χ2n) is 5.28. The highest BCUT2D eigenvalue weighted by Gasteiger charge is 2.41. The second kappa shape index (κ2) is 6.03. The predicted molar refractivity (Wildman–Crippen MR) is 68.0 cm³/mol. The van der Waals surface area contributed by atoms with Gasteiger partial charge in [0.25, 0.3) is 0 Å². The van der Waals surface area contributed by atoms with Gasteiger partial charge in [-0.3, -0.25) is 9.59 Å². The van der Waals surface area contributed by atoms with E-state index in [1.54, 1.807) is 0 Å². The maximum atomic E-state index is 11.8. The van der Waals surface area contributed by atoms with Crippen molar-refractivity contribution in [3.8, 4) is 0 Å². The third-order valence-corrected chi connectivity index (χ3v) is 4.06. The highest BCUT2D eigenvalue weighted by molar-refractivity contribution is 5.86. The number of carbonyl (C=O) groups is 2. The van der Waals surface area contributed by atoms with Gasteiger partial charge in [-0.25, -0.2) is 0 Å². The van der Waals surface area contributed by atoms with Crippen molar-refractivity contribution in [1.82, 2.24) is 5.32 Å². The molecule has 2 N–H and O–H groups in total. The molecule has 0 spiro atoms. The van der Waals surface area contributed by atoms with E-state index in [2.05, 4.69) is 11.4 Å². The molecule has 2 aliphatic rings. The van der Waals surface area contributed by atoms with Crippen molar-refractivity contribution in [2.75, 3.05) is 6.54 Å². The summed E-state index contributed by atoms with van der Waals surface area (Å²) in [6.07, 6.45) is 9.38. The highest BCUT2D eigenvalue weighted by Crippen LogP contribution is 2.34. The minimum Gasteiger partial charge on any atom is -0.481 e. The van der Waals surface area contributed by atoms with Crippen molar-refractivity contribution < 1.29 is 14.7 Å². The predicted octanol–water partition coefficient (Wildman–Crippen LogP) is 2.10. The molecule has 1 saturated carbocycles. The fourth-order valence-electron chi connectivity index (χ4n) is 2.72. The van der Waals surface area contributed by atoms with Gasteiger partial charge in [0.05, 0.1) is 11.8 Å². The maximum Gasteiger partial charge on any atom is 0.307 e. The fraction of sp³-hybridized carbons (Fsp3) is 0.714. The summed E-state index contributed by atoms with van der Waals surface area (Å²) in [5.74, 6) is -1.68. The van der Waals surface area contributed by atoms with Gasteiger partial charge in [0.15, 0.2) is 0 Å². The zero-order valence-corrected chi connectivity index (χ0v) is 10.7. The summed E-state index contributed by atoms with van der Waals surface area (Å²) >= 11 is 0. The number of aliphatic carboxylic acids is 1. The van der Waals surface area contributed by atoms with Gasteiger partial charge >= 0.3 is 5.97 Å². The lowest BCUT2D eigenvalue weighted by Gasteiger charge is -2.32. The van der Waals surface area contributed by atoms with Crippen LogP contribution >= 0.6 is 0 Å². The highest BCUT2D eigenvalue weighted by atomic mass is 16.4. The third-order valence-electron chi connectivity index (χ3n) is 4.06. The Morgan fingerprint density at radius 3 is 2.61 bits per heavy atom. The molecule has 0 aromatic rings. The minimum atomic E-state index is -0.837. The van der Waals surface area contributed by atoms with E-state index >= 15 is 0 Å². The van der Waals surface area contributed by atoms with Gasteiger partial charge in [0, 0.05) is 6.54 Å². The van der Waals surface area contributed by atoms with Crippen LogP contribution < -0.4 is 5.32 Å². The molecule has 0 aromatic carbocycles. The summed E-state index contributed by atoms with van der Waals surface area (Å²) < 4.78 is 0. The van der Waals surface area contributed by atoms with E-state index in [1.165, 1.54) is 18.4 Å². The smallest absolute Gasteiger partial charge is 0.307 e. The minimum absolute atomic E-state index is 0.0786. The van der Waals surface area contributed by atoms with Gasteiger partial charge in [-0.2, -0.15) is 0 Å². The zero-order chi connectivity index (χ0) is 13.0. The zero-order valence-electron chi connectivity index (χ0n) is 10.7. The van der Waals surface area contributed by atoms with Crippen LogP contribution in [0.1, 0.15) is 44.9 Å². The number of hydrogen-bond acceptors (Lipinski definition) is 2. The van der Waals surface area contributed by atoms with E-state index in [0.29, 0.717) is 19.4 Å². The molecule has 100 valence electrons. The lowest BCUT2D eigenvalue weighted by Crippen LogP contribution is -2.44. The molecule has 2 unspecified atom stereocenters. The van der Waals surface area contributed by atoms with E-state index in [0.717, 1.165) is 19.3 Å². The largest absolute Gasteiger partial charge is 0.481 e. The number of rotatable bonds is 5. The van der Waals surface area contributed by atoms with Crippen molar-refractivity contribution in [3.05, 3.63) is 11.6 Å². The van der Waals surface area contributed by atoms with Crippen LogP contribution in [0.4, 0.5) is 0 Å². The molecule has 2 rings (SSSR count). The van der Waals surface area contributed by atoms with Gasteiger partial charge in [0.2, 0.25) is 5.91 Å². The van der Waals surface area contributed by atoms with Crippen molar-refractivity contribution >= 4 is 11.9 Å². The van der Waals surface area contributed by atoms with Crippen LogP contribution in [-0.2, 0) is 9.59 Å². The Labute approximate surface area is 107 Å². The summed E-state index contributed by atoms with van der Waals surface area (Å²) in [4.78, 5) is 22.6. The first-order chi connectivity index (χ1) is 8.68. The number of hydrogen-bond donors (Lipinski definition) is 2. The normalized spacial score (nSPS) is 27.0.